The zero-order valence-electron chi connectivity index (χ0n) is 17.5. The molecule has 1 aromatic heterocycles. The summed E-state index contributed by atoms with van der Waals surface area (Å²) in [5.41, 5.74) is 1.43. The summed E-state index contributed by atoms with van der Waals surface area (Å²) < 4.78 is 20.7. The van der Waals surface area contributed by atoms with E-state index in [1.54, 1.807) is 55.6 Å². The zero-order chi connectivity index (χ0) is 23.4. The molecule has 0 atom stereocenters. The molecule has 0 fully saturated rings. The summed E-state index contributed by atoms with van der Waals surface area (Å²) >= 11 is 3.37. The van der Waals surface area contributed by atoms with Gasteiger partial charge in [0.05, 0.1) is 17.1 Å². The summed E-state index contributed by atoms with van der Waals surface area (Å²) in [6.45, 7) is 1.49. The fourth-order valence-electron chi connectivity index (χ4n) is 3.08. The number of halogens is 2. The molecule has 7 nitrogen and oxygen atoms in total. The number of carbonyl (C=O) groups is 1. The Balaban J connectivity index is 1.41. The molecule has 0 saturated carbocycles. The fraction of sp³-hybridized carbons (Fsp3) is 0.0833. The predicted molar refractivity (Wildman–Crippen MR) is 128 cm³/mol. The second-order valence-corrected chi connectivity index (χ2v) is 8.01. The van der Waals surface area contributed by atoms with Crippen molar-refractivity contribution in [2.24, 2.45) is 5.10 Å². The summed E-state index contributed by atoms with van der Waals surface area (Å²) in [5, 5.41) is 7.31. The first kappa shape index (κ1) is 22.3. The maximum Gasteiger partial charge on any atom is 0.282 e. The maximum atomic E-state index is 13.2. The largest absolute Gasteiger partial charge is 0.484 e. The summed E-state index contributed by atoms with van der Waals surface area (Å²) in [5.74, 6) is 0.106. The number of carbonyl (C=O) groups excluding carboxylic acids is 1. The Morgan fingerprint density at radius 2 is 1.97 bits per heavy atom. The van der Waals surface area contributed by atoms with Crippen molar-refractivity contribution in [2.75, 3.05) is 11.9 Å². The Labute approximate surface area is 196 Å². The Bertz CT molecular complexity index is 1420. The molecule has 4 aromatic rings. The monoisotopic (exact) mass is 508 g/mol. The molecule has 0 aliphatic heterocycles. The maximum absolute atomic E-state index is 13.2. The van der Waals surface area contributed by atoms with E-state index in [0.29, 0.717) is 28.2 Å². The summed E-state index contributed by atoms with van der Waals surface area (Å²) in [7, 11) is 0. The lowest BCUT2D eigenvalue weighted by molar-refractivity contribution is -0.118. The third-order valence-electron chi connectivity index (χ3n) is 4.65. The number of rotatable bonds is 6. The number of hydrogen-bond donors (Lipinski definition) is 1. The SMILES string of the molecule is Cc1nc2ccc(Br)cc2c(=O)n1N=Cc1ccc(OCC(=O)Nc2cccc(F)c2)cc1. The molecule has 0 unspecified atom stereocenters. The van der Waals surface area contributed by atoms with E-state index in [9.17, 15) is 14.0 Å². The van der Waals surface area contributed by atoms with E-state index >= 15 is 0 Å². The number of ether oxygens (including phenoxy) is 1. The first-order valence-corrected chi connectivity index (χ1v) is 10.7. The van der Waals surface area contributed by atoms with Crippen LogP contribution in [-0.4, -0.2) is 28.4 Å². The molecule has 0 radical (unpaired) electrons. The Morgan fingerprint density at radius 3 is 2.73 bits per heavy atom. The van der Waals surface area contributed by atoms with Gasteiger partial charge in [-0.15, -0.1) is 0 Å². The van der Waals surface area contributed by atoms with Gasteiger partial charge < -0.3 is 10.1 Å². The van der Waals surface area contributed by atoms with Crippen LogP contribution >= 0.6 is 15.9 Å². The van der Waals surface area contributed by atoms with Crippen LogP contribution in [0.2, 0.25) is 0 Å². The van der Waals surface area contributed by atoms with Gasteiger partial charge in [0.1, 0.15) is 17.4 Å². The molecule has 1 amide bonds. The number of anilines is 1. The normalized spacial score (nSPS) is 11.1. The van der Waals surface area contributed by atoms with Crippen molar-refractivity contribution in [3.8, 4) is 5.75 Å². The smallest absolute Gasteiger partial charge is 0.282 e. The average Bonchev–Trinajstić information content (AvgIpc) is 2.79. The lowest BCUT2D eigenvalue weighted by Crippen LogP contribution is -2.20. The van der Waals surface area contributed by atoms with Crippen LogP contribution in [0.15, 0.2) is 81.1 Å². The third-order valence-corrected chi connectivity index (χ3v) is 5.14. The van der Waals surface area contributed by atoms with Crippen molar-refractivity contribution < 1.29 is 13.9 Å². The Morgan fingerprint density at radius 1 is 1.18 bits per heavy atom. The quantitative estimate of drug-likeness (QED) is 0.388. The lowest BCUT2D eigenvalue weighted by atomic mass is 10.2. The predicted octanol–water partition coefficient (Wildman–Crippen LogP) is 4.51. The Hall–Kier alpha value is -3.85. The summed E-state index contributed by atoms with van der Waals surface area (Å²) in [6, 6.07) is 17.8. The van der Waals surface area contributed by atoms with E-state index in [1.807, 2.05) is 6.07 Å². The highest BCUT2D eigenvalue weighted by Gasteiger charge is 2.08. The van der Waals surface area contributed by atoms with Gasteiger partial charge in [-0.2, -0.15) is 9.78 Å². The van der Waals surface area contributed by atoms with Crippen molar-refractivity contribution in [3.63, 3.8) is 0 Å². The van der Waals surface area contributed by atoms with Gasteiger partial charge in [-0.3, -0.25) is 9.59 Å². The molecule has 4 rings (SSSR count). The van der Waals surface area contributed by atoms with Gasteiger partial charge in [0.15, 0.2) is 6.61 Å². The van der Waals surface area contributed by atoms with Crippen LogP contribution in [-0.2, 0) is 4.79 Å². The van der Waals surface area contributed by atoms with Crippen molar-refractivity contribution >= 4 is 44.6 Å². The fourth-order valence-corrected chi connectivity index (χ4v) is 3.44. The highest BCUT2D eigenvalue weighted by atomic mass is 79.9. The van der Waals surface area contributed by atoms with Crippen LogP contribution < -0.4 is 15.6 Å². The molecule has 166 valence electrons. The standard InChI is InChI=1S/C24H18BrFN4O3/c1-15-28-22-10-7-17(25)11-21(22)24(32)30(15)27-13-16-5-8-20(9-6-16)33-14-23(31)29-19-4-2-3-18(26)12-19/h2-13H,14H2,1H3,(H,29,31). The lowest BCUT2D eigenvalue weighted by Gasteiger charge is -2.08. The molecule has 1 N–H and O–H groups in total. The molecule has 0 bridgehead atoms. The van der Waals surface area contributed by atoms with E-state index in [2.05, 4.69) is 31.3 Å². The molecule has 1 heterocycles. The molecule has 0 saturated heterocycles. The van der Waals surface area contributed by atoms with Gasteiger partial charge in [0, 0.05) is 10.2 Å². The minimum atomic E-state index is -0.434. The van der Waals surface area contributed by atoms with Gasteiger partial charge in [-0.05, 0) is 73.2 Å². The Kier molecular flexibility index (Phi) is 6.60. The van der Waals surface area contributed by atoms with Gasteiger partial charge in [-0.25, -0.2) is 9.37 Å². The topological polar surface area (TPSA) is 85.6 Å². The van der Waals surface area contributed by atoms with E-state index in [1.165, 1.54) is 22.9 Å². The molecule has 0 aliphatic rings. The highest BCUT2D eigenvalue weighted by Crippen LogP contribution is 2.16. The van der Waals surface area contributed by atoms with Gasteiger partial charge in [-0.1, -0.05) is 22.0 Å². The number of nitrogens with one attached hydrogen (secondary N) is 1. The number of amides is 1. The van der Waals surface area contributed by atoms with Crippen molar-refractivity contribution in [3.05, 3.63) is 98.8 Å². The van der Waals surface area contributed by atoms with Crippen molar-refractivity contribution in [2.45, 2.75) is 6.92 Å². The van der Waals surface area contributed by atoms with E-state index in [0.717, 1.165) is 10.0 Å². The molecular weight excluding hydrogens is 491 g/mol. The van der Waals surface area contributed by atoms with Gasteiger partial charge in [0.2, 0.25) is 0 Å². The molecule has 0 spiro atoms. The number of aromatic nitrogens is 2. The summed E-state index contributed by atoms with van der Waals surface area (Å²) in [6.07, 6.45) is 1.54. The number of hydrogen-bond acceptors (Lipinski definition) is 5. The number of aryl methyl sites for hydroxylation is 1. The molecule has 0 aliphatic carbocycles. The second-order valence-electron chi connectivity index (χ2n) is 7.10. The van der Waals surface area contributed by atoms with Gasteiger partial charge >= 0.3 is 0 Å². The average molecular weight is 509 g/mol. The van der Waals surface area contributed by atoms with Crippen LogP contribution in [0.5, 0.6) is 5.75 Å². The number of benzene rings is 3. The highest BCUT2D eigenvalue weighted by molar-refractivity contribution is 9.10. The molecular formula is C24H18BrFN4O3. The third kappa shape index (κ3) is 5.50. The van der Waals surface area contributed by atoms with Crippen LogP contribution in [0.4, 0.5) is 10.1 Å². The number of nitrogens with zero attached hydrogens (tertiary/aromatic N) is 3. The van der Waals surface area contributed by atoms with Gasteiger partial charge in [0.25, 0.3) is 11.5 Å². The van der Waals surface area contributed by atoms with Crippen LogP contribution in [0, 0.1) is 12.7 Å². The summed E-state index contributed by atoms with van der Waals surface area (Å²) in [4.78, 5) is 29.2. The van der Waals surface area contributed by atoms with Crippen LogP contribution in [0.25, 0.3) is 10.9 Å². The van der Waals surface area contributed by atoms with Crippen LogP contribution in [0.3, 0.4) is 0 Å². The van der Waals surface area contributed by atoms with Crippen LogP contribution in [0.1, 0.15) is 11.4 Å². The first-order chi connectivity index (χ1) is 15.9. The number of fused-ring (bicyclic) bond motifs is 1. The molecule has 3 aromatic carbocycles. The van der Waals surface area contributed by atoms with E-state index in [4.69, 9.17) is 4.74 Å². The minimum absolute atomic E-state index is 0.225. The molecule has 33 heavy (non-hydrogen) atoms. The van der Waals surface area contributed by atoms with Crippen molar-refractivity contribution in [1.29, 1.82) is 0 Å². The van der Waals surface area contributed by atoms with Crippen molar-refractivity contribution in [1.82, 2.24) is 9.66 Å². The van der Waals surface area contributed by atoms with E-state index < -0.39 is 11.7 Å². The zero-order valence-corrected chi connectivity index (χ0v) is 19.0. The molecule has 9 heteroatoms. The first-order valence-electron chi connectivity index (χ1n) is 9.90. The van der Waals surface area contributed by atoms with E-state index in [-0.39, 0.29) is 12.2 Å². The minimum Gasteiger partial charge on any atom is -0.484 e. The second kappa shape index (κ2) is 9.74.